The first-order chi connectivity index (χ1) is 10.1. The van der Waals surface area contributed by atoms with Crippen LogP contribution in [0.4, 0.5) is 0 Å². The molecule has 1 fully saturated rings. The number of benzene rings is 1. The Morgan fingerprint density at radius 2 is 1.95 bits per heavy atom. The van der Waals surface area contributed by atoms with Crippen molar-refractivity contribution in [3.63, 3.8) is 0 Å². The van der Waals surface area contributed by atoms with Crippen molar-refractivity contribution >= 4 is 5.91 Å². The number of hydrogen-bond donors (Lipinski definition) is 2. The molecule has 3 rings (SSSR count). The molecule has 2 N–H and O–H groups in total. The average molecular weight is 286 g/mol. The van der Waals surface area contributed by atoms with Crippen LogP contribution in [0.1, 0.15) is 44.2 Å². The Morgan fingerprint density at radius 3 is 2.76 bits per heavy atom. The van der Waals surface area contributed by atoms with Crippen molar-refractivity contribution in [1.82, 2.24) is 10.6 Å². The van der Waals surface area contributed by atoms with Gasteiger partial charge in [0.15, 0.2) is 0 Å². The van der Waals surface area contributed by atoms with E-state index in [1.165, 1.54) is 24.0 Å². The summed E-state index contributed by atoms with van der Waals surface area (Å²) in [6, 6.07) is 8.67. The van der Waals surface area contributed by atoms with Gasteiger partial charge >= 0.3 is 0 Å². The van der Waals surface area contributed by atoms with Gasteiger partial charge in [0.25, 0.3) is 0 Å². The molecule has 3 heteroatoms. The number of carbonyl (C=O) groups excluding carboxylic acids is 1. The lowest BCUT2D eigenvalue weighted by Crippen LogP contribution is -2.53. The van der Waals surface area contributed by atoms with Crippen LogP contribution in [0.5, 0.6) is 0 Å². The third kappa shape index (κ3) is 3.13. The van der Waals surface area contributed by atoms with Gasteiger partial charge in [-0.05, 0) is 35.8 Å². The largest absolute Gasteiger partial charge is 0.352 e. The Kier molecular flexibility index (Phi) is 4.29. The van der Waals surface area contributed by atoms with Crippen molar-refractivity contribution < 1.29 is 4.79 Å². The smallest absolute Gasteiger partial charge is 0.237 e. The number of carbonyl (C=O) groups is 1. The minimum Gasteiger partial charge on any atom is -0.352 e. The van der Waals surface area contributed by atoms with Gasteiger partial charge in [-0.1, -0.05) is 51.0 Å². The molecule has 0 radical (unpaired) electrons. The zero-order valence-electron chi connectivity index (χ0n) is 13.1. The summed E-state index contributed by atoms with van der Waals surface area (Å²) in [7, 11) is 0. The monoisotopic (exact) mass is 286 g/mol. The molecule has 21 heavy (non-hydrogen) atoms. The SMILES string of the molecule is CC1CCCC(NC(=O)[C@H]2Cc3ccccc3CN2)C1C. The van der Waals surface area contributed by atoms with E-state index in [0.29, 0.717) is 17.9 Å². The van der Waals surface area contributed by atoms with Crippen molar-refractivity contribution in [2.75, 3.05) is 0 Å². The Hall–Kier alpha value is -1.35. The molecule has 0 spiro atoms. The van der Waals surface area contributed by atoms with E-state index in [1.54, 1.807) is 0 Å². The zero-order chi connectivity index (χ0) is 14.8. The van der Waals surface area contributed by atoms with E-state index in [9.17, 15) is 4.79 Å². The maximum Gasteiger partial charge on any atom is 0.237 e. The lowest BCUT2D eigenvalue weighted by atomic mass is 9.78. The van der Waals surface area contributed by atoms with E-state index >= 15 is 0 Å². The van der Waals surface area contributed by atoms with Gasteiger partial charge in [0.2, 0.25) is 5.91 Å². The van der Waals surface area contributed by atoms with Gasteiger partial charge in [-0.3, -0.25) is 4.79 Å². The van der Waals surface area contributed by atoms with Crippen LogP contribution < -0.4 is 10.6 Å². The van der Waals surface area contributed by atoms with Gasteiger partial charge < -0.3 is 10.6 Å². The molecule has 4 atom stereocenters. The normalized spacial score (nSPS) is 32.3. The maximum atomic E-state index is 12.6. The second kappa shape index (κ2) is 6.18. The highest BCUT2D eigenvalue weighted by atomic mass is 16.2. The van der Waals surface area contributed by atoms with Crippen molar-refractivity contribution in [1.29, 1.82) is 0 Å². The van der Waals surface area contributed by atoms with Crippen LogP contribution >= 0.6 is 0 Å². The Morgan fingerprint density at radius 1 is 1.19 bits per heavy atom. The first kappa shape index (κ1) is 14.6. The molecule has 1 aliphatic carbocycles. The molecule has 3 nitrogen and oxygen atoms in total. The van der Waals surface area contributed by atoms with E-state index in [1.807, 2.05) is 0 Å². The molecular weight excluding hydrogens is 260 g/mol. The molecule has 0 bridgehead atoms. The molecule has 1 aromatic rings. The molecule has 114 valence electrons. The fraction of sp³-hybridized carbons (Fsp3) is 0.611. The standard InChI is InChI=1S/C18H26N2O/c1-12-6-5-9-16(13(12)2)20-18(21)17-10-14-7-3-4-8-15(14)11-19-17/h3-4,7-8,12-13,16-17,19H,5-6,9-11H2,1-2H3,(H,20,21)/t12?,13?,16?,17-/m1/s1. The number of fused-ring (bicyclic) bond motifs is 1. The summed E-state index contributed by atoms with van der Waals surface area (Å²) < 4.78 is 0. The summed E-state index contributed by atoms with van der Waals surface area (Å²) in [5, 5.41) is 6.68. The third-order valence-corrected chi connectivity index (χ3v) is 5.43. The summed E-state index contributed by atoms with van der Waals surface area (Å²) in [5.41, 5.74) is 2.63. The highest BCUT2D eigenvalue weighted by molar-refractivity contribution is 5.82. The van der Waals surface area contributed by atoms with Crippen molar-refractivity contribution in [3.8, 4) is 0 Å². The lowest BCUT2D eigenvalue weighted by molar-refractivity contribution is -0.124. The van der Waals surface area contributed by atoms with Crippen molar-refractivity contribution in [3.05, 3.63) is 35.4 Å². The molecule has 1 saturated carbocycles. The summed E-state index contributed by atoms with van der Waals surface area (Å²) in [6.07, 6.45) is 4.46. The fourth-order valence-corrected chi connectivity index (χ4v) is 3.71. The first-order valence-corrected chi connectivity index (χ1v) is 8.25. The predicted octanol–water partition coefficient (Wildman–Crippen LogP) is 2.64. The number of nitrogens with one attached hydrogen (secondary N) is 2. The predicted molar refractivity (Wildman–Crippen MR) is 84.9 cm³/mol. The fourth-order valence-electron chi connectivity index (χ4n) is 3.71. The van der Waals surface area contributed by atoms with Gasteiger partial charge in [0.1, 0.15) is 0 Å². The quantitative estimate of drug-likeness (QED) is 0.877. The highest BCUT2D eigenvalue weighted by Gasteiger charge is 2.31. The summed E-state index contributed by atoms with van der Waals surface area (Å²) in [6.45, 7) is 5.38. The van der Waals surface area contributed by atoms with Crippen LogP contribution in [0.2, 0.25) is 0 Å². The summed E-state index contributed by atoms with van der Waals surface area (Å²) >= 11 is 0. The minimum atomic E-state index is -0.0793. The summed E-state index contributed by atoms with van der Waals surface area (Å²) in [4.78, 5) is 12.6. The van der Waals surface area contributed by atoms with Crippen LogP contribution in [-0.4, -0.2) is 18.0 Å². The zero-order valence-corrected chi connectivity index (χ0v) is 13.1. The van der Waals surface area contributed by atoms with Gasteiger partial charge in [-0.25, -0.2) is 0 Å². The molecule has 0 aromatic heterocycles. The molecule has 2 aliphatic rings. The van der Waals surface area contributed by atoms with Crippen molar-refractivity contribution in [2.45, 2.75) is 58.2 Å². The lowest BCUT2D eigenvalue weighted by Gasteiger charge is -2.36. The van der Waals surface area contributed by atoms with Crippen molar-refractivity contribution in [2.24, 2.45) is 11.8 Å². The Balaban J connectivity index is 1.62. The van der Waals surface area contributed by atoms with E-state index in [2.05, 4.69) is 48.7 Å². The highest BCUT2D eigenvalue weighted by Crippen LogP contribution is 2.29. The molecule has 1 aromatic carbocycles. The number of rotatable bonds is 2. The Bertz CT molecular complexity index is 514. The Labute approximate surface area is 127 Å². The van der Waals surface area contributed by atoms with Gasteiger partial charge in [0, 0.05) is 12.6 Å². The van der Waals surface area contributed by atoms with Gasteiger partial charge in [0.05, 0.1) is 6.04 Å². The number of hydrogen-bond acceptors (Lipinski definition) is 2. The third-order valence-electron chi connectivity index (χ3n) is 5.43. The molecule has 1 aliphatic heterocycles. The van der Waals surface area contributed by atoms with Crippen LogP contribution in [0.15, 0.2) is 24.3 Å². The van der Waals surface area contributed by atoms with Crippen LogP contribution in [0.25, 0.3) is 0 Å². The molecule has 0 saturated heterocycles. The van der Waals surface area contributed by atoms with E-state index < -0.39 is 0 Å². The van der Waals surface area contributed by atoms with Crippen LogP contribution in [0.3, 0.4) is 0 Å². The maximum absolute atomic E-state index is 12.6. The molecule has 3 unspecified atom stereocenters. The topological polar surface area (TPSA) is 41.1 Å². The minimum absolute atomic E-state index is 0.0793. The second-order valence-electron chi connectivity index (χ2n) is 6.79. The van der Waals surface area contributed by atoms with E-state index in [4.69, 9.17) is 0 Å². The van der Waals surface area contributed by atoms with E-state index in [-0.39, 0.29) is 11.9 Å². The average Bonchev–Trinajstić information content (AvgIpc) is 2.51. The first-order valence-electron chi connectivity index (χ1n) is 8.25. The molecule has 1 amide bonds. The van der Waals surface area contributed by atoms with Crippen LogP contribution in [0, 0.1) is 11.8 Å². The van der Waals surface area contributed by atoms with Gasteiger partial charge in [-0.15, -0.1) is 0 Å². The van der Waals surface area contributed by atoms with Crippen LogP contribution in [-0.2, 0) is 17.8 Å². The van der Waals surface area contributed by atoms with E-state index in [0.717, 1.165) is 19.4 Å². The number of amides is 1. The van der Waals surface area contributed by atoms with Gasteiger partial charge in [-0.2, -0.15) is 0 Å². The second-order valence-corrected chi connectivity index (χ2v) is 6.79. The summed E-state index contributed by atoms with van der Waals surface area (Å²) in [5.74, 6) is 1.47. The molecular formula is C18H26N2O. The molecule has 1 heterocycles.